The molecule has 2 aromatic carbocycles. The fourth-order valence-electron chi connectivity index (χ4n) is 2.10. The molecule has 0 saturated heterocycles. The predicted octanol–water partition coefficient (Wildman–Crippen LogP) is 3.19. The average molecular weight is 277 g/mol. The Morgan fingerprint density at radius 2 is 1.68 bits per heavy atom. The molecule has 0 spiro atoms. The molecule has 0 aliphatic carbocycles. The Morgan fingerprint density at radius 3 is 2.47 bits per heavy atom. The lowest BCUT2D eigenvalue weighted by atomic mass is 10.0. The summed E-state index contributed by atoms with van der Waals surface area (Å²) in [6, 6.07) is 12.6. The number of aliphatic hydroxyl groups is 1. The van der Waals surface area contributed by atoms with E-state index in [-0.39, 0.29) is 0 Å². The Bertz CT molecular complexity index is 598. The molecule has 0 fully saturated rings. The Balaban J connectivity index is 1.93. The van der Waals surface area contributed by atoms with Crippen molar-refractivity contribution in [2.24, 2.45) is 0 Å². The normalized spacial score (nSPS) is 15.1. The first kappa shape index (κ1) is 12.3. The molecular formula is C15H13ClO3. The highest BCUT2D eigenvalue weighted by molar-refractivity contribution is 6.30. The minimum atomic E-state index is -0.727. The van der Waals surface area contributed by atoms with Gasteiger partial charge in [0.15, 0.2) is 11.5 Å². The van der Waals surface area contributed by atoms with Crippen LogP contribution in [-0.4, -0.2) is 18.3 Å². The Labute approximate surface area is 116 Å². The zero-order valence-corrected chi connectivity index (χ0v) is 10.9. The van der Waals surface area contributed by atoms with Gasteiger partial charge in [0.25, 0.3) is 0 Å². The summed E-state index contributed by atoms with van der Waals surface area (Å²) in [6.45, 7) is 1.09. The zero-order valence-electron chi connectivity index (χ0n) is 10.2. The third-order valence-corrected chi connectivity index (χ3v) is 3.28. The van der Waals surface area contributed by atoms with Crippen LogP contribution >= 0.6 is 11.6 Å². The number of hydrogen-bond donors (Lipinski definition) is 1. The summed E-state index contributed by atoms with van der Waals surface area (Å²) in [7, 11) is 0. The van der Waals surface area contributed by atoms with Crippen molar-refractivity contribution in [2.45, 2.75) is 6.10 Å². The van der Waals surface area contributed by atoms with Crippen LogP contribution < -0.4 is 9.47 Å². The van der Waals surface area contributed by atoms with Crippen LogP contribution in [-0.2, 0) is 0 Å². The molecule has 1 heterocycles. The number of aliphatic hydroxyl groups excluding tert-OH is 1. The van der Waals surface area contributed by atoms with Crippen molar-refractivity contribution < 1.29 is 14.6 Å². The van der Waals surface area contributed by atoms with Crippen LogP contribution in [0.4, 0.5) is 0 Å². The molecule has 1 aliphatic rings. The SMILES string of the molecule is OC(c1cccc(Cl)c1)c1ccc2c(c1)OCCO2. The maximum absolute atomic E-state index is 10.4. The zero-order chi connectivity index (χ0) is 13.2. The fourth-order valence-corrected chi connectivity index (χ4v) is 2.30. The molecule has 1 aliphatic heterocycles. The molecule has 2 aromatic rings. The smallest absolute Gasteiger partial charge is 0.161 e. The van der Waals surface area contributed by atoms with E-state index in [1.807, 2.05) is 24.3 Å². The minimum Gasteiger partial charge on any atom is -0.486 e. The van der Waals surface area contributed by atoms with Crippen LogP contribution in [0.5, 0.6) is 11.5 Å². The van der Waals surface area contributed by atoms with Gasteiger partial charge >= 0.3 is 0 Å². The summed E-state index contributed by atoms with van der Waals surface area (Å²) in [4.78, 5) is 0. The molecule has 1 N–H and O–H groups in total. The van der Waals surface area contributed by atoms with Gasteiger partial charge in [-0.3, -0.25) is 0 Å². The maximum Gasteiger partial charge on any atom is 0.161 e. The number of hydrogen-bond acceptors (Lipinski definition) is 3. The van der Waals surface area contributed by atoms with Crippen LogP contribution in [0.1, 0.15) is 17.2 Å². The van der Waals surface area contributed by atoms with Crippen molar-refractivity contribution in [3.63, 3.8) is 0 Å². The van der Waals surface area contributed by atoms with E-state index in [4.69, 9.17) is 21.1 Å². The van der Waals surface area contributed by atoms with E-state index in [0.29, 0.717) is 29.7 Å². The molecule has 1 unspecified atom stereocenters. The maximum atomic E-state index is 10.4. The van der Waals surface area contributed by atoms with E-state index in [9.17, 15) is 5.11 Å². The van der Waals surface area contributed by atoms with Crippen LogP contribution in [0.15, 0.2) is 42.5 Å². The van der Waals surface area contributed by atoms with E-state index < -0.39 is 6.10 Å². The first-order valence-corrected chi connectivity index (χ1v) is 6.45. The fraction of sp³-hybridized carbons (Fsp3) is 0.200. The molecule has 0 radical (unpaired) electrons. The average Bonchev–Trinajstić information content (AvgIpc) is 2.46. The van der Waals surface area contributed by atoms with Gasteiger partial charge in [-0.15, -0.1) is 0 Å². The summed E-state index contributed by atoms with van der Waals surface area (Å²) in [5.74, 6) is 1.39. The molecule has 0 aromatic heterocycles. The van der Waals surface area contributed by atoms with Crippen LogP contribution in [0.2, 0.25) is 5.02 Å². The first-order chi connectivity index (χ1) is 9.24. The van der Waals surface area contributed by atoms with E-state index in [2.05, 4.69) is 0 Å². The summed E-state index contributed by atoms with van der Waals surface area (Å²) in [6.07, 6.45) is -0.727. The molecule has 0 saturated carbocycles. The standard InChI is InChI=1S/C15H13ClO3/c16-12-3-1-2-10(8-12)15(17)11-4-5-13-14(9-11)19-7-6-18-13/h1-5,8-9,15,17H,6-7H2. The number of halogens is 1. The highest BCUT2D eigenvalue weighted by atomic mass is 35.5. The lowest BCUT2D eigenvalue weighted by Crippen LogP contribution is -2.15. The van der Waals surface area contributed by atoms with Gasteiger partial charge in [0.1, 0.15) is 19.3 Å². The summed E-state index contributed by atoms with van der Waals surface area (Å²) < 4.78 is 11.0. The van der Waals surface area contributed by atoms with Crippen LogP contribution in [0, 0.1) is 0 Å². The molecule has 19 heavy (non-hydrogen) atoms. The molecular weight excluding hydrogens is 264 g/mol. The Kier molecular flexibility index (Phi) is 3.32. The van der Waals surface area contributed by atoms with Crippen LogP contribution in [0.3, 0.4) is 0 Å². The monoisotopic (exact) mass is 276 g/mol. The van der Waals surface area contributed by atoms with Crippen molar-refractivity contribution in [1.82, 2.24) is 0 Å². The third-order valence-electron chi connectivity index (χ3n) is 3.05. The Morgan fingerprint density at radius 1 is 0.947 bits per heavy atom. The van der Waals surface area contributed by atoms with Gasteiger partial charge in [0, 0.05) is 5.02 Å². The van der Waals surface area contributed by atoms with Crippen molar-refractivity contribution in [3.8, 4) is 11.5 Å². The first-order valence-electron chi connectivity index (χ1n) is 6.07. The van der Waals surface area contributed by atoms with E-state index in [0.717, 1.165) is 11.1 Å². The molecule has 3 rings (SSSR count). The van der Waals surface area contributed by atoms with Gasteiger partial charge in [-0.2, -0.15) is 0 Å². The van der Waals surface area contributed by atoms with Crippen molar-refractivity contribution >= 4 is 11.6 Å². The van der Waals surface area contributed by atoms with Gasteiger partial charge in [-0.1, -0.05) is 29.8 Å². The second kappa shape index (κ2) is 5.11. The molecule has 3 nitrogen and oxygen atoms in total. The number of fused-ring (bicyclic) bond motifs is 1. The summed E-state index contributed by atoms with van der Waals surface area (Å²) >= 11 is 5.94. The lowest BCUT2D eigenvalue weighted by molar-refractivity contribution is 0.169. The third kappa shape index (κ3) is 2.53. The molecule has 98 valence electrons. The number of rotatable bonds is 2. The van der Waals surface area contributed by atoms with Crippen LogP contribution in [0.25, 0.3) is 0 Å². The highest BCUT2D eigenvalue weighted by Crippen LogP contribution is 2.34. The van der Waals surface area contributed by atoms with Gasteiger partial charge < -0.3 is 14.6 Å². The largest absolute Gasteiger partial charge is 0.486 e. The lowest BCUT2D eigenvalue weighted by Gasteiger charge is -2.20. The van der Waals surface area contributed by atoms with Gasteiger partial charge in [0.2, 0.25) is 0 Å². The van der Waals surface area contributed by atoms with E-state index in [1.165, 1.54) is 0 Å². The summed E-state index contributed by atoms with van der Waals surface area (Å²) in [5.41, 5.74) is 1.51. The second-order valence-corrected chi connectivity index (χ2v) is 4.80. The van der Waals surface area contributed by atoms with E-state index >= 15 is 0 Å². The van der Waals surface area contributed by atoms with Gasteiger partial charge in [-0.05, 0) is 35.4 Å². The van der Waals surface area contributed by atoms with Crippen molar-refractivity contribution in [1.29, 1.82) is 0 Å². The topological polar surface area (TPSA) is 38.7 Å². The minimum absolute atomic E-state index is 0.531. The van der Waals surface area contributed by atoms with Gasteiger partial charge in [0.05, 0.1) is 0 Å². The molecule has 0 amide bonds. The molecule has 0 bridgehead atoms. The van der Waals surface area contributed by atoms with Gasteiger partial charge in [-0.25, -0.2) is 0 Å². The highest BCUT2D eigenvalue weighted by Gasteiger charge is 2.16. The van der Waals surface area contributed by atoms with Crippen molar-refractivity contribution in [3.05, 3.63) is 58.6 Å². The predicted molar refractivity (Wildman–Crippen MR) is 72.9 cm³/mol. The quantitative estimate of drug-likeness (QED) is 0.915. The van der Waals surface area contributed by atoms with E-state index in [1.54, 1.807) is 18.2 Å². The Hall–Kier alpha value is -1.71. The second-order valence-electron chi connectivity index (χ2n) is 4.36. The number of benzene rings is 2. The molecule has 4 heteroatoms. The van der Waals surface area contributed by atoms with Crippen molar-refractivity contribution in [2.75, 3.05) is 13.2 Å². The molecule has 1 atom stereocenters. The summed E-state index contributed by atoms with van der Waals surface area (Å²) in [5, 5.41) is 11.0. The number of ether oxygens (including phenoxy) is 2.